The van der Waals surface area contributed by atoms with E-state index in [0.29, 0.717) is 0 Å². The van der Waals surface area contributed by atoms with Crippen molar-refractivity contribution in [2.45, 2.75) is 0 Å². The molecule has 0 aromatic carbocycles. The van der Waals surface area contributed by atoms with Crippen molar-refractivity contribution in [2.75, 3.05) is 0 Å². The van der Waals surface area contributed by atoms with Gasteiger partial charge in [0.2, 0.25) is 0 Å². The van der Waals surface area contributed by atoms with E-state index in [2.05, 4.69) is 0 Å². The van der Waals surface area contributed by atoms with Crippen molar-refractivity contribution in [3.05, 3.63) is 0 Å². The number of rotatable bonds is 0. The first-order chi connectivity index (χ1) is 1.73. The first-order valence-corrected chi connectivity index (χ1v) is 1.84. The fourth-order valence-electron chi connectivity index (χ4n) is 0. The van der Waals surface area contributed by atoms with E-state index in [4.69, 9.17) is 14.1 Å². The Morgan fingerprint density at radius 3 is 1.33 bits per heavy atom. The third-order valence-electron chi connectivity index (χ3n) is 0. The van der Waals surface area contributed by atoms with Gasteiger partial charge in [-0.1, -0.05) is 0 Å². The van der Waals surface area contributed by atoms with Gasteiger partial charge in [0.1, 0.15) is 0 Å². The molecule has 0 saturated carbocycles. The third-order valence-corrected chi connectivity index (χ3v) is 0. The summed E-state index contributed by atoms with van der Waals surface area (Å²) in [6.45, 7) is 0. The maximum absolute atomic E-state index is 8.52. The first kappa shape index (κ1) is 15.7. The molecular weight excluding hydrogens is 143 g/mol. The zero-order valence-corrected chi connectivity index (χ0v) is 7.37. The van der Waals surface area contributed by atoms with Crippen molar-refractivity contribution in [1.29, 1.82) is 0 Å². The maximum atomic E-state index is 8.52. The molecule has 0 atom stereocenters. The molecule has 0 saturated heterocycles. The SMILES string of the molecule is O=[Si]([O-])[O-].[Al].[Ca+2]. The molecule has 0 N–H and O–H groups in total. The minimum atomic E-state index is -3.63. The molecular formula is AlCaO3Si. The summed E-state index contributed by atoms with van der Waals surface area (Å²) >= 11 is 0. The Kier molecular flexibility index (Phi) is 25.2. The van der Waals surface area contributed by atoms with Gasteiger partial charge in [0.05, 0.1) is 0 Å². The van der Waals surface area contributed by atoms with Gasteiger partial charge in [0.15, 0.2) is 0 Å². The summed E-state index contributed by atoms with van der Waals surface area (Å²) in [7, 11) is -3.63. The number of hydrogen-bond donors (Lipinski definition) is 0. The van der Waals surface area contributed by atoms with Crippen LogP contribution in [0.5, 0.6) is 0 Å². The molecule has 0 heterocycles. The molecule has 0 aliphatic rings. The molecule has 3 nitrogen and oxygen atoms in total. The molecule has 0 fully saturated rings. The third kappa shape index (κ3) is 53.0. The van der Waals surface area contributed by atoms with Gasteiger partial charge in [-0.2, -0.15) is 0 Å². The van der Waals surface area contributed by atoms with Crippen molar-refractivity contribution in [3.63, 3.8) is 0 Å². The standard InChI is InChI=1S/Al.Ca.O3Si/c;;1-4(2)3/q;+2;-2. The Morgan fingerprint density at radius 1 is 1.33 bits per heavy atom. The fraction of sp³-hybridized carbons (Fsp3) is 0. The smallest absolute Gasteiger partial charge is 0.672 e. The molecule has 0 amide bonds. The zero-order valence-electron chi connectivity index (χ0n) is 3.01. The maximum Gasteiger partial charge on any atom is 2.00 e. The quantitative estimate of drug-likeness (QED) is 0.329. The van der Waals surface area contributed by atoms with Crippen LogP contribution in [0.3, 0.4) is 0 Å². The van der Waals surface area contributed by atoms with Crippen molar-refractivity contribution in [3.8, 4) is 0 Å². The van der Waals surface area contributed by atoms with Crippen LogP contribution in [0.15, 0.2) is 0 Å². The van der Waals surface area contributed by atoms with E-state index in [1.54, 1.807) is 0 Å². The topological polar surface area (TPSA) is 63.2 Å². The molecule has 0 spiro atoms. The molecule has 0 aliphatic carbocycles. The summed E-state index contributed by atoms with van der Waals surface area (Å²) < 4.78 is 8.52. The predicted molar refractivity (Wildman–Crippen MR) is 17.9 cm³/mol. The van der Waals surface area contributed by atoms with E-state index < -0.39 is 9.17 Å². The summed E-state index contributed by atoms with van der Waals surface area (Å²) in [4.78, 5) is 17.0. The Morgan fingerprint density at radius 2 is 1.33 bits per heavy atom. The van der Waals surface area contributed by atoms with Crippen LogP contribution >= 0.6 is 0 Å². The van der Waals surface area contributed by atoms with E-state index >= 15 is 0 Å². The largest absolute Gasteiger partial charge is 2.00 e. The minimum absolute atomic E-state index is 0. The van der Waals surface area contributed by atoms with E-state index in [1.165, 1.54) is 0 Å². The van der Waals surface area contributed by atoms with Gasteiger partial charge in [-0.25, -0.2) is 0 Å². The van der Waals surface area contributed by atoms with Crippen LogP contribution in [-0.2, 0) is 4.46 Å². The molecule has 0 aliphatic heterocycles. The van der Waals surface area contributed by atoms with Crippen LogP contribution in [0.1, 0.15) is 0 Å². The number of hydrogen-bond acceptors (Lipinski definition) is 3. The minimum Gasteiger partial charge on any atom is -0.672 e. The van der Waals surface area contributed by atoms with Crippen LogP contribution in [0.4, 0.5) is 0 Å². The summed E-state index contributed by atoms with van der Waals surface area (Å²) in [5, 5.41) is 0. The van der Waals surface area contributed by atoms with Crippen LogP contribution in [0.2, 0.25) is 0 Å². The zero-order chi connectivity index (χ0) is 3.58. The normalized spacial score (nSPS) is 4.00. The van der Waals surface area contributed by atoms with Gasteiger partial charge in [-0.15, -0.1) is 0 Å². The van der Waals surface area contributed by atoms with Gasteiger partial charge >= 0.3 is 37.7 Å². The monoisotopic (exact) mass is 143 g/mol. The van der Waals surface area contributed by atoms with Crippen LogP contribution in [-0.4, -0.2) is 64.3 Å². The van der Waals surface area contributed by atoms with Crippen molar-refractivity contribution >= 4 is 64.3 Å². The molecule has 6 heteroatoms. The summed E-state index contributed by atoms with van der Waals surface area (Å²) in [6, 6.07) is 0. The van der Waals surface area contributed by atoms with Gasteiger partial charge in [0, 0.05) is 26.5 Å². The molecule has 3 radical (unpaired) electrons. The van der Waals surface area contributed by atoms with E-state index in [-0.39, 0.29) is 55.1 Å². The van der Waals surface area contributed by atoms with E-state index in [1.807, 2.05) is 0 Å². The Bertz CT molecular complexity index is 33.8. The fourth-order valence-corrected chi connectivity index (χ4v) is 0. The summed E-state index contributed by atoms with van der Waals surface area (Å²) in [5.41, 5.74) is 0. The average Bonchev–Trinajstić information content (AvgIpc) is 0.811. The second kappa shape index (κ2) is 9.65. The van der Waals surface area contributed by atoms with Gasteiger partial charge < -0.3 is 14.1 Å². The van der Waals surface area contributed by atoms with Gasteiger partial charge in [-0.3, -0.25) is 0 Å². The van der Waals surface area contributed by atoms with Crippen molar-refractivity contribution in [2.24, 2.45) is 0 Å². The summed E-state index contributed by atoms with van der Waals surface area (Å²) in [5.74, 6) is 0. The first-order valence-electron chi connectivity index (χ1n) is 0.612. The average molecular weight is 143 g/mol. The second-order valence-corrected chi connectivity index (χ2v) is 0.750. The van der Waals surface area contributed by atoms with E-state index in [0.717, 1.165) is 0 Å². The molecule has 27 valence electrons. The Labute approximate surface area is 77.4 Å². The molecule has 0 bridgehead atoms. The van der Waals surface area contributed by atoms with Gasteiger partial charge in [-0.05, 0) is 0 Å². The van der Waals surface area contributed by atoms with Crippen LogP contribution in [0, 0.1) is 0 Å². The van der Waals surface area contributed by atoms with Crippen LogP contribution < -0.4 is 9.59 Å². The molecule has 0 aromatic rings. The summed E-state index contributed by atoms with van der Waals surface area (Å²) in [6.07, 6.45) is 0. The van der Waals surface area contributed by atoms with E-state index in [9.17, 15) is 0 Å². The molecule has 6 heavy (non-hydrogen) atoms. The van der Waals surface area contributed by atoms with Crippen molar-refractivity contribution < 1.29 is 14.1 Å². The molecule has 0 unspecified atom stereocenters. The molecule has 0 rings (SSSR count). The van der Waals surface area contributed by atoms with Crippen molar-refractivity contribution in [1.82, 2.24) is 0 Å². The predicted octanol–water partition coefficient (Wildman–Crippen LogP) is -3.64. The molecule has 0 aromatic heterocycles. The van der Waals surface area contributed by atoms with Crippen LogP contribution in [0.25, 0.3) is 0 Å². The second-order valence-electron chi connectivity index (χ2n) is 0.250. The Hall–Kier alpha value is 1.41. The Balaban J connectivity index is -0.0000000450. The van der Waals surface area contributed by atoms with Gasteiger partial charge in [0.25, 0.3) is 0 Å².